The van der Waals surface area contributed by atoms with Gasteiger partial charge in [0, 0.05) is 32.2 Å². The Morgan fingerprint density at radius 3 is 2.47 bits per heavy atom. The molecule has 2 aliphatic heterocycles. The number of rotatable bonds is 5. The van der Waals surface area contributed by atoms with E-state index in [0.717, 1.165) is 39.0 Å². The van der Waals surface area contributed by atoms with Crippen LogP contribution >= 0.6 is 0 Å². The Labute approximate surface area is 117 Å². The molecule has 0 aromatic carbocycles. The largest absolute Gasteiger partial charge is 0.314 e. The summed E-state index contributed by atoms with van der Waals surface area (Å²) in [5, 5.41) is 3.42. The Morgan fingerprint density at radius 2 is 1.89 bits per heavy atom. The molecular weight excluding hydrogens is 262 g/mol. The van der Waals surface area contributed by atoms with Crippen LogP contribution in [-0.4, -0.2) is 68.7 Å². The monoisotopic (exact) mass is 289 g/mol. The van der Waals surface area contributed by atoms with Crippen LogP contribution in [0.3, 0.4) is 0 Å². The van der Waals surface area contributed by atoms with Crippen molar-refractivity contribution in [1.82, 2.24) is 14.5 Å². The van der Waals surface area contributed by atoms with E-state index in [1.807, 2.05) is 0 Å². The molecule has 0 aliphatic carbocycles. The second kappa shape index (κ2) is 7.02. The molecule has 2 fully saturated rings. The molecule has 1 unspecified atom stereocenters. The first-order valence-electron chi connectivity index (χ1n) is 7.55. The third kappa shape index (κ3) is 4.41. The third-order valence-corrected chi connectivity index (χ3v) is 6.21. The molecular formula is C13H27N3O2S. The molecule has 19 heavy (non-hydrogen) atoms. The number of likely N-dealkylation sites (N-methyl/N-ethyl adjacent to an activating group) is 1. The number of piperidine rings is 1. The van der Waals surface area contributed by atoms with Gasteiger partial charge in [0.2, 0.25) is 10.0 Å². The summed E-state index contributed by atoms with van der Waals surface area (Å²) >= 11 is 0. The zero-order valence-corrected chi connectivity index (χ0v) is 12.8. The van der Waals surface area contributed by atoms with E-state index < -0.39 is 10.0 Å². The van der Waals surface area contributed by atoms with E-state index in [1.165, 1.54) is 12.8 Å². The van der Waals surface area contributed by atoms with Crippen molar-refractivity contribution in [2.75, 3.05) is 45.0 Å². The van der Waals surface area contributed by atoms with Gasteiger partial charge in [-0.3, -0.25) is 0 Å². The third-order valence-electron chi connectivity index (χ3n) is 4.31. The average molecular weight is 289 g/mol. The molecule has 1 atom stereocenters. The molecule has 6 heteroatoms. The standard InChI is InChI=1S/C13H27N3O2S/c1-2-15-8-10-16(11-9-15)19(17,18)12-6-13-5-3-4-7-14-13/h13-14H,2-12H2,1H3. The van der Waals surface area contributed by atoms with Crippen LogP contribution in [0, 0.1) is 0 Å². The van der Waals surface area contributed by atoms with Crippen molar-refractivity contribution in [3.8, 4) is 0 Å². The minimum Gasteiger partial charge on any atom is -0.314 e. The molecule has 0 radical (unpaired) electrons. The zero-order valence-electron chi connectivity index (χ0n) is 12.0. The maximum Gasteiger partial charge on any atom is 0.214 e. The van der Waals surface area contributed by atoms with E-state index in [9.17, 15) is 8.42 Å². The van der Waals surface area contributed by atoms with Gasteiger partial charge < -0.3 is 10.2 Å². The molecule has 0 aromatic rings. The summed E-state index contributed by atoms with van der Waals surface area (Å²) < 4.78 is 26.3. The van der Waals surface area contributed by atoms with E-state index >= 15 is 0 Å². The number of sulfonamides is 1. The van der Waals surface area contributed by atoms with Crippen molar-refractivity contribution in [3.05, 3.63) is 0 Å². The van der Waals surface area contributed by atoms with Crippen LogP contribution in [0.2, 0.25) is 0 Å². The lowest BCUT2D eigenvalue weighted by molar-refractivity contribution is 0.196. The van der Waals surface area contributed by atoms with Gasteiger partial charge in [-0.05, 0) is 32.4 Å². The van der Waals surface area contributed by atoms with Crippen LogP contribution in [0.5, 0.6) is 0 Å². The lowest BCUT2D eigenvalue weighted by Crippen LogP contribution is -2.49. The van der Waals surface area contributed by atoms with Gasteiger partial charge in [-0.1, -0.05) is 13.3 Å². The highest BCUT2D eigenvalue weighted by Crippen LogP contribution is 2.14. The summed E-state index contributed by atoms with van der Waals surface area (Å²) in [6.07, 6.45) is 4.34. The second-order valence-electron chi connectivity index (χ2n) is 5.58. The summed E-state index contributed by atoms with van der Waals surface area (Å²) in [7, 11) is -3.05. The van der Waals surface area contributed by atoms with Crippen LogP contribution in [0.1, 0.15) is 32.6 Å². The smallest absolute Gasteiger partial charge is 0.214 e. The normalized spacial score (nSPS) is 27.5. The Balaban J connectivity index is 1.78. The minimum absolute atomic E-state index is 0.302. The van der Waals surface area contributed by atoms with Crippen LogP contribution in [0.25, 0.3) is 0 Å². The van der Waals surface area contributed by atoms with Gasteiger partial charge in [0.1, 0.15) is 0 Å². The zero-order chi connectivity index (χ0) is 13.7. The highest BCUT2D eigenvalue weighted by molar-refractivity contribution is 7.89. The minimum atomic E-state index is -3.05. The summed E-state index contributed by atoms with van der Waals surface area (Å²) in [6, 6.07) is 0.403. The topological polar surface area (TPSA) is 52.7 Å². The predicted octanol–water partition coefficient (Wildman–Crippen LogP) is 0.486. The SMILES string of the molecule is CCN1CCN(S(=O)(=O)CCC2CCCCN2)CC1. The van der Waals surface area contributed by atoms with Crippen LogP contribution in [0.4, 0.5) is 0 Å². The van der Waals surface area contributed by atoms with Gasteiger partial charge in [0.15, 0.2) is 0 Å². The molecule has 2 rings (SSSR count). The fourth-order valence-corrected chi connectivity index (χ4v) is 4.47. The molecule has 0 amide bonds. The maximum atomic E-state index is 12.3. The van der Waals surface area contributed by atoms with Crippen molar-refractivity contribution < 1.29 is 8.42 Å². The number of hydrogen-bond acceptors (Lipinski definition) is 4. The molecule has 5 nitrogen and oxygen atoms in total. The molecule has 112 valence electrons. The Bertz CT molecular complexity index is 358. The molecule has 2 saturated heterocycles. The molecule has 2 heterocycles. The van der Waals surface area contributed by atoms with Crippen molar-refractivity contribution in [2.24, 2.45) is 0 Å². The number of nitrogens with zero attached hydrogens (tertiary/aromatic N) is 2. The Morgan fingerprint density at radius 1 is 1.16 bits per heavy atom. The quantitative estimate of drug-likeness (QED) is 0.800. The van der Waals surface area contributed by atoms with E-state index in [1.54, 1.807) is 4.31 Å². The van der Waals surface area contributed by atoms with Gasteiger partial charge in [-0.25, -0.2) is 8.42 Å². The molecule has 2 aliphatic rings. The number of nitrogens with one attached hydrogen (secondary N) is 1. The lowest BCUT2D eigenvalue weighted by atomic mass is 10.0. The fourth-order valence-electron chi connectivity index (χ4n) is 2.91. The first-order valence-corrected chi connectivity index (χ1v) is 9.16. The molecule has 0 aromatic heterocycles. The van der Waals surface area contributed by atoms with Gasteiger partial charge in [0.05, 0.1) is 5.75 Å². The number of hydrogen-bond donors (Lipinski definition) is 1. The van der Waals surface area contributed by atoms with Crippen LogP contribution in [-0.2, 0) is 10.0 Å². The molecule has 0 spiro atoms. The summed E-state index contributed by atoms with van der Waals surface area (Å²) in [4.78, 5) is 2.30. The van der Waals surface area contributed by atoms with Gasteiger partial charge in [-0.2, -0.15) is 4.31 Å². The summed E-state index contributed by atoms with van der Waals surface area (Å²) in [6.45, 7) is 7.25. The van der Waals surface area contributed by atoms with E-state index in [2.05, 4.69) is 17.1 Å². The predicted molar refractivity (Wildman–Crippen MR) is 77.7 cm³/mol. The van der Waals surface area contributed by atoms with Gasteiger partial charge in [-0.15, -0.1) is 0 Å². The average Bonchev–Trinajstić information content (AvgIpc) is 2.46. The van der Waals surface area contributed by atoms with Crippen molar-refractivity contribution >= 4 is 10.0 Å². The van der Waals surface area contributed by atoms with Crippen molar-refractivity contribution in [2.45, 2.75) is 38.6 Å². The Hall–Kier alpha value is -0.170. The van der Waals surface area contributed by atoms with Gasteiger partial charge >= 0.3 is 0 Å². The van der Waals surface area contributed by atoms with Crippen LogP contribution in [0.15, 0.2) is 0 Å². The van der Waals surface area contributed by atoms with E-state index in [0.29, 0.717) is 24.9 Å². The first-order chi connectivity index (χ1) is 9.12. The molecule has 1 N–H and O–H groups in total. The van der Waals surface area contributed by atoms with Crippen LogP contribution < -0.4 is 5.32 Å². The van der Waals surface area contributed by atoms with Gasteiger partial charge in [0.25, 0.3) is 0 Å². The summed E-state index contributed by atoms with van der Waals surface area (Å²) in [5.41, 5.74) is 0. The first kappa shape index (κ1) is 15.2. The molecule has 0 bridgehead atoms. The highest BCUT2D eigenvalue weighted by Gasteiger charge is 2.27. The van der Waals surface area contributed by atoms with Crippen molar-refractivity contribution in [3.63, 3.8) is 0 Å². The fraction of sp³-hybridized carbons (Fsp3) is 1.00. The Kier molecular flexibility index (Phi) is 5.62. The second-order valence-corrected chi connectivity index (χ2v) is 7.67. The lowest BCUT2D eigenvalue weighted by Gasteiger charge is -2.33. The maximum absolute atomic E-state index is 12.3. The van der Waals surface area contributed by atoms with Crippen molar-refractivity contribution in [1.29, 1.82) is 0 Å². The highest BCUT2D eigenvalue weighted by atomic mass is 32.2. The summed E-state index contributed by atoms with van der Waals surface area (Å²) in [5.74, 6) is 0.302. The van der Waals surface area contributed by atoms with E-state index in [4.69, 9.17) is 0 Å². The number of piperazine rings is 1. The molecule has 0 saturated carbocycles. The van der Waals surface area contributed by atoms with E-state index in [-0.39, 0.29) is 0 Å².